The second-order valence-electron chi connectivity index (χ2n) is 5.53. The average molecular weight is 292 g/mol. The van der Waals surface area contributed by atoms with Gasteiger partial charge in [0.25, 0.3) is 0 Å². The van der Waals surface area contributed by atoms with Crippen molar-refractivity contribution in [3.63, 3.8) is 0 Å². The third-order valence-corrected chi connectivity index (χ3v) is 4.57. The molecule has 0 bridgehead atoms. The molecule has 1 aliphatic rings. The summed E-state index contributed by atoms with van der Waals surface area (Å²) in [6.07, 6.45) is 0. The van der Waals surface area contributed by atoms with E-state index in [1.807, 2.05) is 34.9 Å². The first-order valence-electron chi connectivity index (χ1n) is 7.32. The van der Waals surface area contributed by atoms with Gasteiger partial charge in [0.15, 0.2) is 0 Å². The van der Waals surface area contributed by atoms with Crippen LogP contribution in [0.4, 0.5) is 0 Å². The summed E-state index contributed by atoms with van der Waals surface area (Å²) in [6.45, 7) is 6.75. The van der Waals surface area contributed by atoms with Crippen LogP contribution in [0.5, 0.6) is 0 Å². The molecule has 0 radical (unpaired) electrons. The van der Waals surface area contributed by atoms with Gasteiger partial charge in [-0.2, -0.15) is 11.8 Å². The van der Waals surface area contributed by atoms with Gasteiger partial charge in [0.2, 0.25) is 5.91 Å². The van der Waals surface area contributed by atoms with Crippen molar-refractivity contribution in [2.24, 2.45) is 5.92 Å². The van der Waals surface area contributed by atoms with Crippen molar-refractivity contribution in [3.8, 4) is 0 Å². The molecule has 1 heterocycles. The predicted molar refractivity (Wildman–Crippen MR) is 85.8 cm³/mol. The zero-order chi connectivity index (χ0) is 14.4. The number of carbonyl (C=O) groups excluding carboxylic acids is 1. The Bertz CT molecular complexity index is 416. The minimum atomic E-state index is -0.0849. The topological polar surface area (TPSA) is 32.3 Å². The van der Waals surface area contributed by atoms with E-state index in [-0.39, 0.29) is 11.9 Å². The molecule has 0 saturated carbocycles. The third kappa shape index (κ3) is 4.25. The lowest BCUT2D eigenvalue weighted by Gasteiger charge is -2.32. The highest BCUT2D eigenvalue weighted by molar-refractivity contribution is 7.99. The molecule has 1 N–H and O–H groups in total. The van der Waals surface area contributed by atoms with Gasteiger partial charge in [0.1, 0.15) is 0 Å². The minimum absolute atomic E-state index is 0.0849. The molecule has 110 valence electrons. The molecule has 1 aliphatic heterocycles. The van der Waals surface area contributed by atoms with E-state index in [0.717, 1.165) is 31.1 Å². The molecule has 0 spiro atoms. The second kappa shape index (κ2) is 7.70. The molecule has 0 aromatic heterocycles. The van der Waals surface area contributed by atoms with Gasteiger partial charge in [-0.05, 0) is 11.5 Å². The molecule has 1 fully saturated rings. The van der Waals surface area contributed by atoms with Crippen LogP contribution in [0, 0.1) is 5.92 Å². The number of carbonyl (C=O) groups is 1. The van der Waals surface area contributed by atoms with Crippen molar-refractivity contribution in [1.29, 1.82) is 0 Å². The van der Waals surface area contributed by atoms with Crippen LogP contribution >= 0.6 is 11.8 Å². The molecule has 3 nitrogen and oxygen atoms in total. The summed E-state index contributed by atoms with van der Waals surface area (Å²) in [4.78, 5) is 14.6. The number of hydrogen-bond acceptors (Lipinski definition) is 3. The van der Waals surface area contributed by atoms with Gasteiger partial charge in [-0.25, -0.2) is 0 Å². The Kier molecular flexibility index (Phi) is 5.92. The zero-order valence-electron chi connectivity index (χ0n) is 12.3. The van der Waals surface area contributed by atoms with Crippen molar-refractivity contribution in [2.45, 2.75) is 26.4 Å². The first-order valence-corrected chi connectivity index (χ1v) is 8.48. The summed E-state index contributed by atoms with van der Waals surface area (Å²) < 4.78 is 0. The highest BCUT2D eigenvalue weighted by Crippen LogP contribution is 2.14. The van der Waals surface area contributed by atoms with Crippen molar-refractivity contribution >= 4 is 17.7 Å². The van der Waals surface area contributed by atoms with Crippen molar-refractivity contribution < 1.29 is 4.79 Å². The fourth-order valence-corrected chi connectivity index (χ4v) is 3.32. The van der Waals surface area contributed by atoms with Gasteiger partial charge in [0.05, 0.1) is 6.04 Å². The Morgan fingerprint density at radius 1 is 1.25 bits per heavy atom. The van der Waals surface area contributed by atoms with Gasteiger partial charge in [-0.3, -0.25) is 4.79 Å². The predicted octanol–water partition coefficient (Wildman–Crippen LogP) is 2.38. The summed E-state index contributed by atoms with van der Waals surface area (Å²) in [6, 6.07) is 10.2. The van der Waals surface area contributed by atoms with Crippen LogP contribution in [0.25, 0.3) is 0 Å². The summed E-state index contributed by atoms with van der Waals surface area (Å²) in [7, 11) is 0. The highest BCUT2D eigenvalue weighted by atomic mass is 32.2. The number of nitrogens with one attached hydrogen (secondary N) is 1. The number of nitrogens with zero attached hydrogens (tertiary/aromatic N) is 1. The maximum atomic E-state index is 12.6. The Hall–Kier alpha value is -1.00. The molecular formula is C16H24N2OS. The molecule has 4 heteroatoms. The lowest BCUT2D eigenvalue weighted by atomic mass is 10.0. The van der Waals surface area contributed by atoms with Gasteiger partial charge in [-0.15, -0.1) is 0 Å². The summed E-state index contributed by atoms with van der Waals surface area (Å²) in [5.74, 6) is 2.70. The Morgan fingerprint density at radius 2 is 1.90 bits per heavy atom. The van der Waals surface area contributed by atoms with E-state index >= 15 is 0 Å². The first-order chi connectivity index (χ1) is 9.68. The lowest BCUT2D eigenvalue weighted by molar-refractivity contribution is -0.134. The first kappa shape index (κ1) is 15.4. The van der Waals surface area contributed by atoms with E-state index in [0.29, 0.717) is 5.92 Å². The number of amides is 1. The molecule has 0 unspecified atom stereocenters. The number of thioether (sulfide) groups is 1. The van der Waals surface area contributed by atoms with Crippen molar-refractivity contribution in [2.75, 3.05) is 24.6 Å². The number of benzene rings is 1. The minimum Gasteiger partial charge on any atom is -0.340 e. The molecule has 1 aromatic carbocycles. The van der Waals surface area contributed by atoms with Crippen molar-refractivity contribution in [3.05, 3.63) is 35.9 Å². The fraction of sp³-hybridized carbons (Fsp3) is 0.562. The van der Waals surface area contributed by atoms with E-state index in [2.05, 4.69) is 31.3 Å². The normalized spacial score (nSPS) is 17.2. The molecule has 1 amide bonds. The highest BCUT2D eigenvalue weighted by Gasteiger charge is 2.27. The number of hydrogen-bond donors (Lipinski definition) is 1. The van der Waals surface area contributed by atoms with E-state index in [4.69, 9.17) is 0 Å². The van der Waals surface area contributed by atoms with E-state index in [1.54, 1.807) is 0 Å². The maximum absolute atomic E-state index is 12.6. The summed E-state index contributed by atoms with van der Waals surface area (Å²) in [5, 5.41) is 3.43. The standard InChI is InChI=1S/C16H24N2OS/c1-13(2)15(16(19)18-8-10-20-11-9-18)17-12-14-6-4-3-5-7-14/h3-7,13,15,17H,8-12H2,1-2H3/t15-/m0/s1. The van der Waals surface area contributed by atoms with Crippen LogP contribution in [-0.2, 0) is 11.3 Å². The van der Waals surface area contributed by atoms with E-state index in [9.17, 15) is 4.79 Å². The summed E-state index contributed by atoms with van der Waals surface area (Å²) in [5.41, 5.74) is 1.22. The Balaban J connectivity index is 1.94. The average Bonchev–Trinajstić information content (AvgIpc) is 2.49. The van der Waals surface area contributed by atoms with E-state index < -0.39 is 0 Å². The Morgan fingerprint density at radius 3 is 2.50 bits per heavy atom. The zero-order valence-corrected chi connectivity index (χ0v) is 13.2. The van der Waals surface area contributed by atoms with Gasteiger partial charge in [-0.1, -0.05) is 44.2 Å². The third-order valence-electron chi connectivity index (χ3n) is 3.62. The maximum Gasteiger partial charge on any atom is 0.240 e. The van der Waals surface area contributed by atoms with Gasteiger partial charge >= 0.3 is 0 Å². The quantitative estimate of drug-likeness (QED) is 0.904. The fourth-order valence-electron chi connectivity index (χ4n) is 2.41. The monoisotopic (exact) mass is 292 g/mol. The lowest BCUT2D eigenvalue weighted by Crippen LogP contribution is -2.51. The molecule has 1 atom stereocenters. The van der Waals surface area contributed by atoms with Crippen LogP contribution < -0.4 is 5.32 Å². The van der Waals surface area contributed by atoms with Gasteiger partial charge in [0, 0.05) is 31.1 Å². The molecular weight excluding hydrogens is 268 g/mol. The number of rotatable bonds is 5. The largest absolute Gasteiger partial charge is 0.340 e. The molecule has 0 aliphatic carbocycles. The summed E-state index contributed by atoms with van der Waals surface area (Å²) >= 11 is 1.93. The SMILES string of the molecule is CC(C)[C@H](NCc1ccccc1)C(=O)N1CCSCC1. The molecule has 1 saturated heterocycles. The molecule has 20 heavy (non-hydrogen) atoms. The van der Waals surface area contributed by atoms with Crippen LogP contribution in [0.2, 0.25) is 0 Å². The van der Waals surface area contributed by atoms with Gasteiger partial charge < -0.3 is 10.2 Å². The van der Waals surface area contributed by atoms with Crippen LogP contribution in [0.1, 0.15) is 19.4 Å². The molecule has 1 aromatic rings. The van der Waals surface area contributed by atoms with Crippen molar-refractivity contribution in [1.82, 2.24) is 10.2 Å². The van der Waals surface area contributed by atoms with Crippen LogP contribution in [-0.4, -0.2) is 41.4 Å². The van der Waals surface area contributed by atoms with Crippen LogP contribution in [0.15, 0.2) is 30.3 Å². The van der Waals surface area contributed by atoms with E-state index in [1.165, 1.54) is 5.56 Å². The second-order valence-corrected chi connectivity index (χ2v) is 6.75. The smallest absolute Gasteiger partial charge is 0.240 e. The Labute approximate surface area is 126 Å². The van der Waals surface area contributed by atoms with Crippen LogP contribution in [0.3, 0.4) is 0 Å². The molecule has 2 rings (SSSR count).